The Morgan fingerprint density at radius 2 is 1.91 bits per heavy atom. The summed E-state index contributed by atoms with van der Waals surface area (Å²) in [6.07, 6.45) is 1.46. The minimum atomic E-state index is -0.287. The molecule has 0 radical (unpaired) electrons. The number of carbonyl (C=O) groups excluding carboxylic acids is 1. The van der Waals surface area contributed by atoms with E-state index in [2.05, 4.69) is 10.5 Å². The summed E-state index contributed by atoms with van der Waals surface area (Å²) in [5, 5.41) is 15.9. The quantitative estimate of drug-likeness (QED) is 0.573. The second-order valence-corrected chi connectivity index (χ2v) is 5.29. The number of fused-ring (bicyclic) bond motifs is 1. The minimum absolute atomic E-state index is 0.122. The zero-order chi connectivity index (χ0) is 16.2. The highest BCUT2D eigenvalue weighted by Crippen LogP contribution is 2.25. The number of phenols is 1. The van der Waals surface area contributed by atoms with Crippen LogP contribution in [0.1, 0.15) is 21.5 Å². The van der Waals surface area contributed by atoms with Gasteiger partial charge in [0.1, 0.15) is 5.75 Å². The fraction of sp³-hybridized carbons (Fsp3) is 0.0526. The van der Waals surface area contributed by atoms with Gasteiger partial charge in [0.15, 0.2) is 0 Å². The molecule has 4 heteroatoms. The molecule has 0 atom stereocenters. The molecule has 0 bridgehead atoms. The summed E-state index contributed by atoms with van der Waals surface area (Å²) >= 11 is 0. The molecule has 3 aromatic rings. The number of hydrogen-bond donors (Lipinski definition) is 2. The van der Waals surface area contributed by atoms with Crippen LogP contribution in [0.3, 0.4) is 0 Å². The van der Waals surface area contributed by atoms with Crippen LogP contribution < -0.4 is 5.43 Å². The van der Waals surface area contributed by atoms with Gasteiger partial charge in [-0.25, -0.2) is 5.43 Å². The van der Waals surface area contributed by atoms with E-state index >= 15 is 0 Å². The molecule has 0 aliphatic carbocycles. The molecule has 0 fully saturated rings. The molecule has 0 saturated heterocycles. The number of aromatic hydroxyl groups is 1. The number of carbonyl (C=O) groups is 1. The van der Waals surface area contributed by atoms with Gasteiger partial charge in [0, 0.05) is 11.1 Å². The van der Waals surface area contributed by atoms with E-state index in [1.165, 1.54) is 6.21 Å². The van der Waals surface area contributed by atoms with E-state index < -0.39 is 0 Å². The van der Waals surface area contributed by atoms with Crippen LogP contribution in [0.15, 0.2) is 65.8 Å². The van der Waals surface area contributed by atoms with Crippen LogP contribution in [-0.4, -0.2) is 17.2 Å². The maximum atomic E-state index is 12.0. The second kappa shape index (κ2) is 6.32. The summed E-state index contributed by atoms with van der Waals surface area (Å²) < 4.78 is 0. The molecule has 114 valence electrons. The summed E-state index contributed by atoms with van der Waals surface area (Å²) in [6.45, 7) is 1.92. The highest BCUT2D eigenvalue weighted by Gasteiger charge is 2.06. The number of benzene rings is 3. The van der Waals surface area contributed by atoms with Crippen molar-refractivity contribution < 1.29 is 9.90 Å². The van der Waals surface area contributed by atoms with Crippen molar-refractivity contribution in [2.75, 3.05) is 0 Å². The van der Waals surface area contributed by atoms with E-state index in [0.29, 0.717) is 11.1 Å². The van der Waals surface area contributed by atoms with Gasteiger partial charge >= 0.3 is 0 Å². The molecular formula is C19H16N2O2. The van der Waals surface area contributed by atoms with E-state index in [4.69, 9.17) is 0 Å². The number of nitrogens with one attached hydrogen (secondary N) is 1. The van der Waals surface area contributed by atoms with E-state index in [0.717, 1.165) is 16.3 Å². The van der Waals surface area contributed by atoms with Gasteiger partial charge in [-0.2, -0.15) is 5.10 Å². The van der Waals surface area contributed by atoms with Crippen molar-refractivity contribution in [3.05, 3.63) is 77.4 Å². The van der Waals surface area contributed by atoms with Crippen LogP contribution in [0.2, 0.25) is 0 Å². The van der Waals surface area contributed by atoms with Crippen LogP contribution >= 0.6 is 0 Å². The molecule has 4 nitrogen and oxygen atoms in total. The Hall–Kier alpha value is -3.14. The van der Waals surface area contributed by atoms with Gasteiger partial charge in [0.05, 0.1) is 6.21 Å². The summed E-state index contributed by atoms with van der Waals surface area (Å²) in [7, 11) is 0. The predicted molar refractivity (Wildman–Crippen MR) is 91.9 cm³/mol. The number of rotatable bonds is 3. The molecule has 0 aliphatic rings. The van der Waals surface area contributed by atoms with E-state index in [-0.39, 0.29) is 11.7 Å². The summed E-state index contributed by atoms with van der Waals surface area (Å²) in [5.74, 6) is -0.165. The van der Waals surface area contributed by atoms with Crippen molar-refractivity contribution in [2.24, 2.45) is 5.10 Å². The maximum Gasteiger partial charge on any atom is 0.271 e. The zero-order valence-electron chi connectivity index (χ0n) is 12.7. The lowest BCUT2D eigenvalue weighted by Gasteiger charge is -2.05. The van der Waals surface area contributed by atoms with Crippen molar-refractivity contribution in [3.63, 3.8) is 0 Å². The molecule has 0 aliphatic heterocycles. The second-order valence-electron chi connectivity index (χ2n) is 5.29. The average Bonchev–Trinajstić information content (AvgIpc) is 2.56. The molecule has 3 rings (SSSR count). The molecule has 0 aromatic heterocycles. The van der Waals surface area contributed by atoms with Gasteiger partial charge < -0.3 is 5.11 Å². The summed E-state index contributed by atoms with van der Waals surface area (Å²) in [6, 6.07) is 18.4. The number of nitrogens with zero attached hydrogens (tertiary/aromatic N) is 1. The average molecular weight is 304 g/mol. The van der Waals surface area contributed by atoms with Crippen LogP contribution in [0, 0.1) is 6.92 Å². The first-order chi connectivity index (χ1) is 11.1. The third-order valence-corrected chi connectivity index (χ3v) is 3.59. The summed E-state index contributed by atoms with van der Waals surface area (Å²) in [5.41, 5.74) is 4.62. The number of phenolic OH excluding ortho intramolecular Hbond substituents is 1. The fourth-order valence-corrected chi connectivity index (χ4v) is 2.43. The number of aryl methyl sites for hydroxylation is 1. The lowest BCUT2D eigenvalue weighted by molar-refractivity contribution is 0.0955. The van der Waals surface area contributed by atoms with Crippen molar-refractivity contribution >= 4 is 22.9 Å². The molecule has 0 spiro atoms. The maximum absolute atomic E-state index is 12.0. The minimum Gasteiger partial charge on any atom is -0.507 e. The molecule has 23 heavy (non-hydrogen) atoms. The number of amides is 1. The van der Waals surface area contributed by atoms with Gasteiger partial charge in [0.25, 0.3) is 5.91 Å². The topological polar surface area (TPSA) is 61.7 Å². The molecule has 0 saturated carbocycles. The highest BCUT2D eigenvalue weighted by molar-refractivity contribution is 6.03. The molecular weight excluding hydrogens is 288 g/mol. The fourth-order valence-electron chi connectivity index (χ4n) is 2.43. The lowest BCUT2D eigenvalue weighted by atomic mass is 10.0. The van der Waals surface area contributed by atoms with Crippen LogP contribution in [0.5, 0.6) is 5.75 Å². The van der Waals surface area contributed by atoms with Crippen molar-refractivity contribution in [3.8, 4) is 5.75 Å². The van der Waals surface area contributed by atoms with E-state index in [1.54, 1.807) is 18.2 Å². The Labute approximate surface area is 134 Å². The van der Waals surface area contributed by atoms with E-state index in [1.807, 2.05) is 49.4 Å². The Kier molecular flexibility index (Phi) is 4.06. The van der Waals surface area contributed by atoms with Gasteiger partial charge in [-0.15, -0.1) is 0 Å². The lowest BCUT2D eigenvalue weighted by Crippen LogP contribution is -2.17. The smallest absolute Gasteiger partial charge is 0.271 e. The van der Waals surface area contributed by atoms with Crippen molar-refractivity contribution in [2.45, 2.75) is 6.92 Å². The van der Waals surface area contributed by atoms with Crippen LogP contribution in [0.4, 0.5) is 0 Å². The van der Waals surface area contributed by atoms with Gasteiger partial charge in [0.2, 0.25) is 0 Å². The van der Waals surface area contributed by atoms with Crippen LogP contribution in [-0.2, 0) is 0 Å². The monoisotopic (exact) mass is 304 g/mol. The molecule has 0 heterocycles. The first-order valence-electron chi connectivity index (χ1n) is 7.26. The third kappa shape index (κ3) is 3.21. The number of hydrazone groups is 1. The van der Waals surface area contributed by atoms with E-state index in [9.17, 15) is 9.90 Å². The molecule has 0 unspecified atom stereocenters. The Balaban J connectivity index is 1.84. The Bertz CT molecular complexity index is 901. The van der Waals surface area contributed by atoms with Gasteiger partial charge in [-0.05, 0) is 35.9 Å². The van der Waals surface area contributed by atoms with Crippen LogP contribution in [0.25, 0.3) is 10.8 Å². The standard InChI is InChI=1S/C19H16N2O2/c1-13-5-4-7-15(11-13)19(23)21-20-12-17-16-8-3-2-6-14(16)9-10-18(17)22/h2-12,22H,1H3,(H,21,23)/b20-12+. The normalized spacial score (nSPS) is 11.0. The van der Waals surface area contributed by atoms with Crippen molar-refractivity contribution in [1.29, 1.82) is 0 Å². The number of hydrogen-bond acceptors (Lipinski definition) is 3. The predicted octanol–water partition coefficient (Wildman–Crippen LogP) is 3.62. The third-order valence-electron chi connectivity index (χ3n) is 3.59. The Morgan fingerprint density at radius 3 is 2.74 bits per heavy atom. The SMILES string of the molecule is Cc1cccc(C(=O)N/N=C/c2c(O)ccc3ccccc23)c1. The largest absolute Gasteiger partial charge is 0.507 e. The highest BCUT2D eigenvalue weighted by atomic mass is 16.3. The van der Waals surface area contributed by atoms with Gasteiger partial charge in [-0.3, -0.25) is 4.79 Å². The van der Waals surface area contributed by atoms with Crippen molar-refractivity contribution in [1.82, 2.24) is 5.43 Å². The molecule has 3 aromatic carbocycles. The summed E-state index contributed by atoms with van der Waals surface area (Å²) in [4.78, 5) is 12.0. The first kappa shape index (κ1) is 14.8. The zero-order valence-corrected chi connectivity index (χ0v) is 12.7. The van der Waals surface area contributed by atoms with Gasteiger partial charge in [-0.1, -0.05) is 48.0 Å². The molecule has 2 N–H and O–H groups in total. The Morgan fingerprint density at radius 1 is 1.09 bits per heavy atom. The molecule has 1 amide bonds. The first-order valence-corrected chi connectivity index (χ1v) is 7.26.